The molecule has 1 aromatic carbocycles. The number of benzene rings is 1. The second-order valence-corrected chi connectivity index (χ2v) is 5.39. The van der Waals surface area contributed by atoms with E-state index in [1.54, 1.807) is 6.92 Å². The van der Waals surface area contributed by atoms with Crippen molar-refractivity contribution in [1.82, 2.24) is 20.2 Å². The van der Waals surface area contributed by atoms with Gasteiger partial charge in [-0.25, -0.2) is 4.79 Å². The van der Waals surface area contributed by atoms with E-state index in [4.69, 9.17) is 4.74 Å². The van der Waals surface area contributed by atoms with Crippen molar-refractivity contribution in [3.63, 3.8) is 0 Å². The lowest BCUT2D eigenvalue weighted by Crippen LogP contribution is -2.23. The highest BCUT2D eigenvalue weighted by atomic mass is 16.5. The van der Waals surface area contributed by atoms with Crippen LogP contribution in [0.5, 0.6) is 0 Å². The molecule has 1 atom stereocenters. The topological polar surface area (TPSA) is 69.9 Å². The number of hydrogen-bond donors (Lipinski definition) is 0. The van der Waals surface area contributed by atoms with Crippen LogP contribution in [-0.2, 0) is 9.53 Å². The third kappa shape index (κ3) is 3.50. The minimum absolute atomic E-state index is 0.330. The fourth-order valence-corrected chi connectivity index (χ4v) is 2.15. The fraction of sp³-hybridized carbons (Fsp3) is 0.500. The summed E-state index contributed by atoms with van der Waals surface area (Å²) in [5.74, 6) is 0.660. The van der Waals surface area contributed by atoms with E-state index in [1.165, 1.54) is 10.4 Å². The molecular weight excluding hydrogens is 280 g/mol. The predicted molar refractivity (Wildman–Crippen MR) is 83.3 cm³/mol. The van der Waals surface area contributed by atoms with Crippen molar-refractivity contribution in [2.75, 3.05) is 6.61 Å². The van der Waals surface area contributed by atoms with Gasteiger partial charge in [-0.05, 0) is 30.0 Å². The minimum Gasteiger partial charge on any atom is -0.464 e. The van der Waals surface area contributed by atoms with Crippen LogP contribution in [0.15, 0.2) is 24.3 Å². The molecule has 0 radical (unpaired) electrons. The molecule has 0 fully saturated rings. The summed E-state index contributed by atoms with van der Waals surface area (Å²) in [7, 11) is 0. The number of esters is 1. The number of hydrogen-bond acceptors (Lipinski definition) is 5. The van der Waals surface area contributed by atoms with Crippen molar-refractivity contribution in [1.29, 1.82) is 0 Å². The van der Waals surface area contributed by atoms with Gasteiger partial charge in [0.25, 0.3) is 0 Å². The van der Waals surface area contributed by atoms with E-state index in [0.29, 0.717) is 24.8 Å². The van der Waals surface area contributed by atoms with Crippen LogP contribution in [0.1, 0.15) is 51.6 Å². The van der Waals surface area contributed by atoms with Crippen LogP contribution in [0.2, 0.25) is 0 Å². The first-order chi connectivity index (χ1) is 10.6. The van der Waals surface area contributed by atoms with Gasteiger partial charge in [0.15, 0.2) is 6.04 Å². The zero-order valence-corrected chi connectivity index (χ0v) is 13.5. The van der Waals surface area contributed by atoms with E-state index in [1.807, 2.05) is 19.1 Å². The first-order valence-corrected chi connectivity index (χ1v) is 7.63. The maximum atomic E-state index is 11.9. The van der Waals surface area contributed by atoms with Gasteiger partial charge in [-0.1, -0.05) is 45.0 Å². The van der Waals surface area contributed by atoms with Crippen molar-refractivity contribution < 1.29 is 9.53 Å². The van der Waals surface area contributed by atoms with Crippen molar-refractivity contribution >= 4 is 5.97 Å². The van der Waals surface area contributed by atoms with Crippen molar-refractivity contribution in [2.45, 2.75) is 46.1 Å². The molecule has 0 amide bonds. The maximum Gasteiger partial charge on any atom is 0.332 e. The van der Waals surface area contributed by atoms with Gasteiger partial charge in [0, 0.05) is 5.56 Å². The highest BCUT2D eigenvalue weighted by Gasteiger charge is 2.23. The van der Waals surface area contributed by atoms with E-state index in [2.05, 4.69) is 41.4 Å². The Morgan fingerprint density at radius 3 is 2.45 bits per heavy atom. The summed E-state index contributed by atoms with van der Waals surface area (Å²) in [5, 5.41) is 12.4. The molecule has 2 aromatic rings. The molecule has 22 heavy (non-hydrogen) atoms. The van der Waals surface area contributed by atoms with Crippen LogP contribution in [0.3, 0.4) is 0 Å². The Balaban J connectivity index is 2.21. The summed E-state index contributed by atoms with van der Waals surface area (Å²) in [4.78, 5) is 13.2. The summed E-state index contributed by atoms with van der Waals surface area (Å²) in [6, 6.07) is 7.53. The molecule has 1 aromatic heterocycles. The zero-order chi connectivity index (χ0) is 16.1. The van der Waals surface area contributed by atoms with Crippen LogP contribution in [0.25, 0.3) is 11.4 Å². The van der Waals surface area contributed by atoms with Gasteiger partial charge in [-0.2, -0.15) is 0 Å². The Kier molecular flexibility index (Phi) is 5.25. The molecule has 6 heteroatoms. The van der Waals surface area contributed by atoms with Gasteiger partial charge in [-0.3, -0.25) is 0 Å². The predicted octanol–water partition coefficient (Wildman–Crippen LogP) is 2.98. The summed E-state index contributed by atoms with van der Waals surface area (Å²) in [6.45, 7) is 8.31. The summed E-state index contributed by atoms with van der Waals surface area (Å²) in [5.41, 5.74) is 2.14. The number of carbonyl (C=O) groups is 1. The van der Waals surface area contributed by atoms with Crippen LogP contribution >= 0.6 is 0 Å². The quantitative estimate of drug-likeness (QED) is 0.767. The first-order valence-electron chi connectivity index (χ1n) is 7.63. The number of tetrazole rings is 1. The molecule has 0 saturated heterocycles. The maximum absolute atomic E-state index is 11.9. The van der Waals surface area contributed by atoms with E-state index < -0.39 is 6.04 Å². The highest BCUT2D eigenvalue weighted by molar-refractivity contribution is 5.73. The monoisotopic (exact) mass is 302 g/mol. The molecule has 0 spiro atoms. The molecule has 2 rings (SSSR count). The average molecular weight is 302 g/mol. The number of nitrogens with zero attached hydrogens (tertiary/aromatic N) is 4. The SMILES string of the molecule is CCOC(=O)C(CC)n1nnc(-c2ccc(C(C)C)cc2)n1. The van der Waals surface area contributed by atoms with E-state index in [-0.39, 0.29) is 5.97 Å². The van der Waals surface area contributed by atoms with Gasteiger partial charge in [0.1, 0.15) is 0 Å². The second kappa shape index (κ2) is 7.15. The third-order valence-corrected chi connectivity index (χ3v) is 3.49. The van der Waals surface area contributed by atoms with Crippen LogP contribution in [-0.4, -0.2) is 32.8 Å². The molecular formula is C16H22N4O2. The van der Waals surface area contributed by atoms with E-state index >= 15 is 0 Å². The van der Waals surface area contributed by atoms with Crippen molar-refractivity contribution in [3.05, 3.63) is 29.8 Å². The third-order valence-electron chi connectivity index (χ3n) is 3.49. The van der Waals surface area contributed by atoms with Gasteiger partial charge < -0.3 is 4.74 Å². The molecule has 0 N–H and O–H groups in total. The minimum atomic E-state index is -0.531. The molecule has 1 unspecified atom stereocenters. The smallest absolute Gasteiger partial charge is 0.332 e. The average Bonchev–Trinajstić information content (AvgIpc) is 2.98. The fourth-order valence-electron chi connectivity index (χ4n) is 2.15. The number of aromatic nitrogens is 4. The highest BCUT2D eigenvalue weighted by Crippen LogP contribution is 2.20. The van der Waals surface area contributed by atoms with E-state index in [0.717, 1.165) is 5.56 Å². The molecule has 118 valence electrons. The lowest BCUT2D eigenvalue weighted by Gasteiger charge is -2.11. The Morgan fingerprint density at radius 1 is 1.23 bits per heavy atom. The molecule has 0 aliphatic carbocycles. The Hall–Kier alpha value is -2.24. The Bertz CT molecular complexity index is 619. The van der Waals surface area contributed by atoms with Gasteiger partial charge in [-0.15, -0.1) is 15.0 Å². The second-order valence-electron chi connectivity index (χ2n) is 5.39. The zero-order valence-electron chi connectivity index (χ0n) is 13.5. The Morgan fingerprint density at radius 2 is 1.91 bits per heavy atom. The van der Waals surface area contributed by atoms with Crippen LogP contribution < -0.4 is 0 Å². The Labute approximate surface area is 130 Å². The summed E-state index contributed by atoms with van der Waals surface area (Å²) < 4.78 is 5.04. The normalized spacial score (nSPS) is 12.4. The van der Waals surface area contributed by atoms with E-state index in [9.17, 15) is 4.79 Å². The summed E-state index contributed by atoms with van der Waals surface area (Å²) in [6.07, 6.45) is 0.556. The van der Waals surface area contributed by atoms with Crippen molar-refractivity contribution in [3.8, 4) is 11.4 Å². The molecule has 1 heterocycles. The molecule has 0 bridgehead atoms. The van der Waals surface area contributed by atoms with Gasteiger partial charge >= 0.3 is 5.97 Å². The largest absolute Gasteiger partial charge is 0.464 e. The number of ether oxygens (including phenoxy) is 1. The van der Waals surface area contributed by atoms with Crippen LogP contribution in [0, 0.1) is 0 Å². The van der Waals surface area contributed by atoms with Crippen molar-refractivity contribution in [2.24, 2.45) is 0 Å². The standard InChI is InChI=1S/C16H22N4O2/c1-5-14(16(21)22-6-2)20-18-15(17-19-20)13-9-7-12(8-10-13)11(3)4/h7-11,14H,5-6H2,1-4H3. The van der Waals surface area contributed by atoms with Crippen LogP contribution in [0.4, 0.5) is 0 Å². The molecule has 0 aliphatic rings. The molecule has 0 aliphatic heterocycles. The lowest BCUT2D eigenvalue weighted by atomic mass is 10.0. The lowest BCUT2D eigenvalue weighted by molar-refractivity contribution is -0.148. The number of carbonyl (C=O) groups excluding carboxylic acids is 1. The number of rotatable bonds is 6. The molecule has 0 saturated carbocycles. The molecule has 6 nitrogen and oxygen atoms in total. The van der Waals surface area contributed by atoms with Gasteiger partial charge in [0.2, 0.25) is 5.82 Å². The van der Waals surface area contributed by atoms with Gasteiger partial charge in [0.05, 0.1) is 6.61 Å². The first kappa shape index (κ1) is 16.1. The summed E-state index contributed by atoms with van der Waals surface area (Å²) >= 11 is 0.